The van der Waals surface area contributed by atoms with Crippen LogP contribution in [-0.2, 0) is 6.54 Å². The lowest BCUT2D eigenvalue weighted by Crippen LogP contribution is -2.17. The van der Waals surface area contributed by atoms with E-state index >= 15 is 0 Å². The first-order chi connectivity index (χ1) is 12.0. The first-order valence-corrected chi connectivity index (χ1v) is 7.98. The van der Waals surface area contributed by atoms with Crippen molar-refractivity contribution < 1.29 is 13.5 Å². The Morgan fingerprint density at radius 3 is 2.72 bits per heavy atom. The summed E-state index contributed by atoms with van der Waals surface area (Å²) in [5.41, 5.74) is -0.0662. The molecule has 1 N–H and O–H groups in total. The van der Waals surface area contributed by atoms with E-state index in [0.717, 1.165) is 0 Å². The average Bonchev–Trinajstić information content (AvgIpc) is 2.60. The van der Waals surface area contributed by atoms with Gasteiger partial charge in [0.1, 0.15) is 11.4 Å². The second kappa shape index (κ2) is 6.72. The van der Waals surface area contributed by atoms with Crippen LogP contribution in [0.5, 0.6) is 5.75 Å². The second-order valence-corrected chi connectivity index (χ2v) is 5.69. The summed E-state index contributed by atoms with van der Waals surface area (Å²) in [6.45, 7) is 2.18. The third-order valence-corrected chi connectivity index (χ3v) is 4.24. The van der Waals surface area contributed by atoms with Crippen molar-refractivity contribution in [3.63, 3.8) is 0 Å². The molecule has 0 aliphatic carbocycles. The molecule has 1 aromatic carbocycles. The molecule has 0 amide bonds. The van der Waals surface area contributed by atoms with Crippen molar-refractivity contribution in [3.8, 4) is 17.0 Å². The maximum atomic E-state index is 13.6. The van der Waals surface area contributed by atoms with Crippen LogP contribution in [0.1, 0.15) is 18.9 Å². The van der Waals surface area contributed by atoms with Crippen LogP contribution in [0.4, 0.5) is 8.78 Å². The Morgan fingerprint density at radius 1 is 1.36 bits per heavy atom. The number of nitrogens with zero attached hydrogens (tertiary/aromatic N) is 2. The van der Waals surface area contributed by atoms with Crippen LogP contribution < -0.4 is 10.3 Å². The Morgan fingerprint density at radius 2 is 2.08 bits per heavy atom. The lowest BCUT2D eigenvalue weighted by molar-refractivity contribution is 0.153. The summed E-state index contributed by atoms with van der Waals surface area (Å²) < 4.78 is 34.3. The van der Waals surface area contributed by atoms with E-state index in [2.05, 4.69) is 9.97 Å². The van der Waals surface area contributed by atoms with Gasteiger partial charge in [0, 0.05) is 17.7 Å². The fraction of sp³-hybridized carbons (Fsp3) is 0.235. The summed E-state index contributed by atoms with van der Waals surface area (Å²) in [6.07, 6.45) is -2.83. The number of rotatable bonds is 4. The molecule has 8 heteroatoms. The van der Waals surface area contributed by atoms with E-state index in [1.165, 1.54) is 17.7 Å². The van der Waals surface area contributed by atoms with Crippen molar-refractivity contribution in [3.05, 3.63) is 51.0 Å². The molecular weight excluding hydrogens is 348 g/mol. The zero-order valence-electron chi connectivity index (χ0n) is 13.5. The van der Waals surface area contributed by atoms with Crippen LogP contribution >= 0.6 is 12.2 Å². The van der Waals surface area contributed by atoms with Crippen LogP contribution in [0.3, 0.4) is 0 Å². The van der Waals surface area contributed by atoms with Gasteiger partial charge < -0.3 is 9.30 Å². The molecular formula is C17H15F2N3O2S. The molecule has 25 heavy (non-hydrogen) atoms. The fourth-order valence-corrected chi connectivity index (χ4v) is 3.07. The Balaban J connectivity index is 2.48. The number of H-pyrrole nitrogens is 1. The number of ether oxygens (including phenoxy) is 1. The SMILES string of the molecule is CCn1c(=S)[nH]c(=O)c2c(C(F)F)cc(-c3ccccc3OC)nc21. The predicted molar refractivity (Wildman–Crippen MR) is 93.8 cm³/mol. The van der Waals surface area contributed by atoms with E-state index < -0.39 is 12.0 Å². The largest absolute Gasteiger partial charge is 0.496 e. The Hall–Kier alpha value is -2.61. The smallest absolute Gasteiger partial charge is 0.264 e. The maximum Gasteiger partial charge on any atom is 0.264 e. The normalized spacial score (nSPS) is 11.2. The molecule has 3 rings (SSSR count). The number of para-hydroxylation sites is 1. The van der Waals surface area contributed by atoms with Gasteiger partial charge in [-0.3, -0.25) is 9.78 Å². The molecule has 2 heterocycles. The Kier molecular flexibility index (Phi) is 4.63. The predicted octanol–water partition coefficient (Wildman–Crippen LogP) is 4.09. The summed E-state index contributed by atoms with van der Waals surface area (Å²) in [6, 6.07) is 8.20. The molecule has 0 unspecified atom stereocenters. The maximum absolute atomic E-state index is 13.6. The highest BCUT2D eigenvalue weighted by atomic mass is 32.1. The Labute approximate surface area is 146 Å². The zero-order valence-corrected chi connectivity index (χ0v) is 14.4. The number of fused-ring (bicyclic) bond motifs is 1. The molecule has 0 spiro atoms. The van der Waals surface area contributed by atoms with Crippen LogP contribution in [-0.4, -0.2) is 21.6 Å². The molecule has 5 nitrogen and oxygen atoms in total. The van der Waals surface area contributed by atoms with Crippen LogP contribution in [0.15, 0.2) is 35.1 Å². The number of aromatic nitrogens is 3. The van der Waals surface area contributed by atoms with Gasteiger partial charge in [-0.1, -0.05) is 12.1 Å². The monoisotopic (exact) mass is 363 g/mol. The summed E-state index contributed by atoms with van der Waals surface area (Å²) in [4.78, 5) is 19.1. The number of benzene rings is 1. The highest BCUT2D eigenvalue weighted by molar-refractivity contribution is 7.71. The van der Waals surface area contributed by atoms with Gasteiger partial charge in [-0.25, -0.2) is 13.8 Å². The molecule has 0 atom stereocenters. The number of methoxy groups -OCH3 is 1. The van der Waals surface area contributed by atoms with Gasteiger partial charge in [0.25, 0.3) is 12.0 Å². The van der Waals surface area contributed by atoms with Gasteiger partial charge in [0.15, 0.2) is 4.77 Å². The van der Waals surface area contributed by atoms with Gasteiger partial charge in [-0.15, -0.1) is 0 Å². The molecule has 0 aliphatic rings. The molecule has 2 aromatic heterocycles. The van der Waals surface area contributed by atoms with Crippen LogP contribution in [0.25, 0.3) is 22.3 Å². The van der Waals surface area contributed by atoms with Crippen molar-refractivity contribution in [2.75, 3.05) is 7.11 Å². The van der Waals surface area contributed by atoms with Crippen molar-refractivity contribution in [1.82, 2.24) is 14.5 Å². The van der Waals surface area contributed by atoms with Gasteiger partial charge in [-0.05, 0) is 37.3 Å². The first kappa shape index (κ1) is 17.2. The third kappa shape index (κ3) is 2.93. The van der Waals surface area contributed by atoms with Gasteiger partial charge >= 0.3 is 0 Å². The number of pyridine rings is 1. The summed E-state index contributed by atoms with van der Waals surface area (Å²) in [5.74, 6) is 0.501. The van der Waals surface area contributed by atoms with E-state index in [1.54, 1.807) is 31.2 Å². The Bertz CT molecular complexity index is 1060. The number of halogens is 2. The molecule has 0 fully saturated rings. The fourth-order valence-electron chi connectivity index (χ4n) is 2.76. The van der Waals surface area contributed by atoms with E-state index in [0.29, 0.717) is 23.6 Å². The standard InChI is InChI=1S/C17H15F2N3O2S/c1-3-22-15-13(16(23)21-17(22)25)10(14(18)19)8-11(20-15)9-6-4-5-7-12(9)24-2/h4-8,14H,3H2,1-2H3,(H,21,23,25). The van der Waals surface area contributed by atoms with E-state index in [1.807, 2.05) is 0 Å². The molecule has 0 bridgehead atoms. The van der Waals surface area contributed by atoms with Crippen molar-refractivity contribution in [1.29, 1.82) is 0 Å². The number of nitrogens with one attached hydrogen (secondary N) is 1. The third-order valence-electron chi connectivity index (χ3n) is 3.91. The van der Waals surface area contributed by atoms with Crippen LogP contribution in [0.2, 0.25) is 0 Å². The van der Waals surface area contributed by atoms with Gasteiger partial charge in [0.05, 0.1) is 18.2 Å². The number of aryl methyl sites for hydroxylation is 1. The van der Waals surface area contributed by atoms with Crippen LogP contribution in [0, 0.1) is 4.77 Å². The van der Waals surface area contributed by atoms with Gasteiger partial charge in [-0.2, -0.15) is 0 Å². The molecule has 0 saturated heterocycles. The minimum Gasteiger partial charge on any atom is -0.496 e. The van der Waals surface area contributed by atoms with E-state index in [-0.39, 0.29) is 21.4 Å². The highest BCUT2D eigenvalue weighted by Gasteiger charge is 2.21. The minimum absolute atomic E-state index is 0.134. The van der Waals surface area contributed by atoms with Crippen molar-refractivity contribution >= 4 is 23.3 Å². The molecule has 130 valence electrons. The van der Waals surface area contributed by atoms with E-state index in [4.69, 9.17) is 17.0 Å². The summed E-state index contributed by atoms with van der Waals surface area (Å²) in [5, 5.41) is -0.149. The van der Waals surface area contributed by atoms with Crippen molar-refractivity contribution in [2.24, 2.45) is 0 Å². The summed E-state index contributed by atoms with van der Waals surface area (Å²) >= 11 is 5.14. The summed E-state index contributed by atoms with van der Waals surface area (Å²) in [7, 11) is 1.49. The lowest BCUT2D eigenvalue weighted by Gasteiger charge is -2.14. The quantitative estimate of drug-likeness (QED) is 0.710. The average molecular weight is 363 g/mol. The first-order valence-electron chi connectivity index (χ1n) is 7.57. The van der Waals surface area contributed by atoms with Gasteiger partial charge in [0.2, 0.25) is 0 Å². The number of hydrogen-bond donors (Lipinski definition) is 1. The topological polar surface area (TPSA) is 59.9 Å². The lowest BCUT2D eigenvalue weighted by atomic mass is 10.1. The number of aromatic amines is 1. The molecule has 0 saturated carbocycles. The number of hydrogen-bond acceptors (Lipinski definition) is 4. The van der Waals surface area contributed by atoms with Crippen molar-refractivity contribution in [2.45, 2.75) is 19.9 Å². The zero-order chi connectivity index (χ0) is 18.1. The highest BCUT2D eigenvalue weighted by Crippen LogP contribution is 2.33. The second-order valence-electron chi connectivity index (χ2n) is 5.30. The molecule has 0 radical (unpaired) electrons. The molecule has 3 aromatic rings. The number of alkyl halides is 2. The molecule has 0 aliphatic heterocycles. The minimum atomic E-state index is -2.83. The van der Waals surface area contributed by atoms with E-state index in [9.17, 15) is 13.6 Å².